The molecule has 6 nitrogen and oxygen atoms in total. The molecule has 1 heterocycles. The molecule has 1 aliphatic rings. The number of aliphatic carboxylic acids is 1. The molecule has 0 spiro atoms. The first kappa shape index (κ1) is 18.0. The lowest BCUT2D eigenvalue weighted by Gasteiger charge is -2.21. The Kier molecular flexibility index (Phi) is 5.26. The van der Waals surface area contributed by atoms with Gasteiger partial charge in [-0.1, -0.05) is 32.9 Å². The van der Waals surface area contributed by atoms with Crippen molar-refractivity contribution in [2.24, 2.45) is 5.41 Å². The third-order valence-corrected chi connectivity index (χ3v) is 4.13. The van der Waals surface area contributed by atoms with Gasteiger partial charge in [0.05, 0.1) is 0 Å². The number of amides is 2. The smallest absolute Gasteiger partial charge is 0.326 e. The van der Waals surface area contributed by atoms with Crippen molar-refractivity contribution in [1.82, 2.24) is 10.2 Å². The molecule has 2 N–H and O–H groups in total. The van der Waals surface area contributed by atoms with Gasteiger partial charge >= 0.3 is 5.97 Å². The Morgan fingerprint density at radius 3 is 2.38 bits per heavy atom. The number of carboxylic acid groups (broad SMARTS) is 1. The van der Waals surface area contributed by atoms with Crippen LogP contribution in [0.15, 0.2) is 24.3 Å². The predicted molar refractivity (Wildman–Crippen MR) is 89.4 cm³/mol. The van der Waals surface area contributed by atoms with Gasteiger partial charge in [0.15, 0.2) is 0 Å². The van der Waals surface area contributed by atoms with Crippen LogP contribution in [0.25, 0.3) is 0 Å². The summed E-state index contributed by atoms with van der Waals surface area (Å²) in [6.45, 7) is 6.41. The highest BCUT2D eigenvalue weighted by Gasteiger charge is 2.34. The number of carboxylic acids is 1. The second kappa shape index (κ2) is 7.03. The fourth-order valence-electron chi connectivity index (χ4n) is 2.65. The normalized spacial score (nSPS) is 17.6. The number of nitrogens with zero attached hydrogens (tertiary/aromatic N) is 1. The van der Waals surface area contributed by atoms with E-state index in [1.54, 1.807) is 24.3 Å². The van der Waals surface area contributed by atoms with Crippen LogP contribution in [0.4, 0.5) is 0 Å². The number of benzene rings is 1. The maximum Gasteiger partial charge on any atom is 0.326 e. The number of carbonyl (C=O) groups is 3. The van der Waals surface area contributed by atoms with Gasteiger partial charge < -0.3 is 15.3 Å². The van der Waals surface area contributed by atoms with Gasteiger partial charge in [-0.2, -0.15) is 0 Å². The van der Waals surface area contributed by atoms with E-state index in [0.29, 0.717) is 31.5 Å². The summed E-state index contributed by atoms with van der Waals surface area (Å²) in [7, 11) is 0. The maximum atomic E-state index is 12.5. The summed E-state index contributed by atoms with van der Waals surface area (Å²) in [5.74, 6) is -1.25. The molecule has 2 amide bonds. The third-order valence-electron chi connectivity index (χ3n) is 4.13. The van der Waals surface area contributed by atoms with Crippen LogP contribution in [0.3, 0.4) is 0 Å². The minimum atomic E-state index is -0.956. The van der Waals surface area contributed by atoms with Crippen molar-refractivity contribution in [2.45, 2.75) is 46.2 Å². The minimum Gasteiger partial charge on any atom is -0.480 e. The second-order valence-corrected chi connectivity index (χ2v) is 7.12. The van der Waals surface area contributed by atoms with E-state index < -0.39 is 17.4 Å². The van der Waals surface area contributed by atoms with E-state index in [9.17, 15) is 19.5 Å². The van der Waals surface area contributed by atoms with E-state index in [4.69, 9.17) is 0 Å². The summed E-state index contributed by atoms with van der Waals surface area (Å²) < 4.78 is 0. The lowest BCUT2D eigenvalue weighted by Crippen LogP contribution is -2.40. The van der Waals surface area contributed by atoms with E-state index in [2.05, 4.69) is 5.32 Å². The Labute approximate surface area is 141 Å². The fourth-order valence-corrected chi connectivity index (χ4v) is 2.65. The molecule has 1 fully saturated rings. The van der Waals surface area contributed by atoms with Crippen molar-refractivity contribution in [1.29, 1.82) is 0 Å². The quantitative estimate of drug-likeness (QED) is 0.883. The van der Waals surface area contributed by atoms with Gasteiger partial charge in [0.1, 0.15) is 6.04 Å². The van der Waals surface area contributed by atoms with Crippen LogP contribution in [0, 0.1) is 5.41 Å². The zero-order valence-electron chi connectivity index (χ0n) is 14.3. The molecule has 1 aromatic rings. The molecule has 1 atom stereocenters. The fraction of sp³-hybridized carbons (Fsp3) is 0.500. The summed E-state index contributed by atoms with van der Waals surface area (Å²) >= 11 is 0. The van der Waals surface area contributed by atoms with Gasteiger partial charge in [0, 0.05) is 24.1 Å². The highest BCUT2D eigenvalue weighted by molar-refractivity contribution is 5.97. The third kappa shape index (κ3) is 4.13. The number of hydrogen-bond acceptors (Lipinski definition) is 3. The summed E-state index contributed by atoms with van der Waals surface area (Å²) in [6, 6.07) is 6.18. The topological polar surface area (TPSA) is 86.7 Å². The van der Waals surface area contributed by atoms with Gasteiger partial charge in [-0.15, -0.1) is 0 Å². The zero-order chi connectivity index (χ0) is 17.9. The van der Waals surface area contributed by atoms with Crippen LogP contribution in [-0.2, 0) is 16.1 Å². The highest BCUT2D eigenvalue weighted by Crippen LogP contribution is 2.20. The Morgan fingerprint density at radius 1 is 1.21 bits per heavy atom. The minimum absolute atomic E-state index is 0.0379. The molecule has 0 unspecified atom stereocenters. The number of likely N-dealkylation sites (tertiary alicyclic amines) is 1. The molecule has 24 heavy (non-hydrogen) atoms. The lowest BCUT2D eigenvalue weighted by molar-refractivity contribution is -0.141. The summed E-state index contributed by atoms with van der Waals surface area (Å²) in [5.41, 5.74) is 0.909. The molecular weight excluding hydrogens is 308 g/mol. The molecule has 130 valence electrons. The Hall–Kier alpha value is -2.37. The Morgan fingerprint density at radius 2 is 1.83 bits per heavy atom. The summed E-state index contributed by atoms with van der Waals surface area (Å²) in [6.07, 6.45) is 1.21. The lowest BCUT2D eigenvalue weighted by atomic mass is 9.95. The molecule has 1 saturated heterocycles. The molecular formula is C18H24N2O4. The van der Waals surface area contributed by atoms with Crippen LogP contribution in [0.1, 0.15) is 49.5 Å². The second-order valence-electron chi connectivity index (χ2n) is 7.12. The Bertz CT molecular complexity index is 631. The molecule has 1 aromatic carbocycles. The van der Waals surface area contributed by atoms with E-state index in [0.717, 1.165) is 5.56 Å². The van der Waals surface area contributed by atoms with Crippen LogP contribution in [0.2, 0.25) is 0 Å². The first-order valence-corrected chi connectivity index (χ1v) is 8.11. The van der Waals surface area contributed by atoms with E-state index in [1.807, 2.05) is 20.8 Å². The first-order chi connectivity index (χ1) is 11.2. The number of rotatable bonds is 4. The standard InChI is InChI=1S/C18H24N2O4/c1-18(2,3)17(24)19-11-12-6-8-13(9-7-12)15(21)20-10-4-5-14(20)16(22)23/h6-9,14H,4-5,10-11H2,1-3H3,(H,19,24)(H,22,23)/t14-/m0/s1. The number of hydrogen-bond donors (Lipinski definition) is 2. The van der Waals surface area contributed by atoms with Gasteiger partial charge in [0.25, 0.3) is 5.91 Å². The van der Waals surface area contributed by atoms with Crippen LogP contribution in [-0.4, -0.2) is 40.4 Å². The number of carbonyl (C=O) groups excluding carboxylic acids is 2. The van der Waals surface area contributed by atoms with Gasteiger partial charge in [0.2, 0.25) is 5.91 Å². The summed E-state index contributed by atoms with van der Waals surface area (Å²) in [5, 5.41) is 12.0. The van der Waals surface area contributed by atoms with Gasteiger partial charge in [-0.3, -0.25) is 9.59 Å². The van der Waals surface area contributed by atoms with Crippen molar-refractivity contribution in [2.75, 3.05) is 6.54 Å². The molecule has 6 heteroatoms. The van der Waals surface area contributed by atoms with Gasteiger partial charge in [-0.05, 0) is 30.5 Å². The largest absolute Gasteiger partial charge is 0.480 e. The van der Waals surface area contributed by atoms with E-state index in [-0.39, 0.29) is 11.8 Å². The van der Waals surface area contributed by atoms with Crippen molar-refractivity contribution in [3.63, 3.8) is 0 Å². The predicted octanol–water partition coefficient (Wildman–Crippen LogP) is 2.04. The maximum absolute atomic E-state index is 12.5. The van der Waals surface area contributed by atoms with Crippen molar-refractivity contribution >= 4 is 17.8 Å². The molecule has 1 aliphatic heterocycles. The molecule has 0 aromatic heterocycles. The van der Waals surface area contributed by atoms with Crippen molar-refractivity contribution in [3.05, 3.63) is 35.4 Å². The van der Waals surface area contributed by atoms with Crippen LogP contribution >= 0.6 is 0 Å². The summed E-state index contributed by atoms with van der Waals surface area (Å²) in [4.78, 5) is 36.9. The molecule has 0 radical (unpaired) electrons. The van der Waals surface area contributed by atoms with Gasteiger partial charge in [-0.25, -0.2) is 4.79 Å². The van der Waals surface area contributed by atoms with Crippen LogP contribution < -0.4 is 5.32 Å². The molecule has 0 aliphatic carbocycles. The monoisotopic (exact) mass is 332 g/mol. The van der Waals surface area contributed by atoms with E-state index >= 15 is 0 Å². The van der Waals surface area contributed by atoms with Crippen molar-refractivity contribution < 1.29 is 19.5 Å². The molecule has 0 saturated carbocycles. The SMILES string of the molecule is CC(C)(C)C(=O)NCc1ccc(C(=O)N2CCC[C@H]2C(=O)O)cc1. The van der Waals surface area contributed by atoms with E-state index in [1.165, 1.54) is 4.90 Å². The highest BCUT2D eigenvalue weighted by atomic mass is 16.4. The number of nitrogens with one attached hydrogen (secondary N) is 1. The first-order valence-electron chi connectivity index (χ1n) is 8.11. The Balaban J connectivity index is 2.00. The van der Waals surface area contributed by atoms with Crippen LogP contribution in [0.5, 0.6) is 0 Å². The van der Waals surface area contributed by atoms with Crippen molar-refractivity contribution in [3.8, 4) is 0 Å². The average molecular weight is 332 g/mol. The molecule has 0 bridgehead atoms. The zero-order valence-corrected chi connectivity index (χ0v) is 14.3. The average Bonchev–Trinajstić information content (AvgIpc) is 3.01. The molecule has 2 rings (SSSR count).